The van der Waals surface area contributed by atoms with Gasteiger partial charge in [-0.25, -0.2) is 4.39 Å². The second-order valence-electron chi connectivity index (χ2n) is 3.47. The number of carbonyl (C=O) groups is 1. The maximum Gasteiger partial charge on any atom is 0.195 e. The van der Waals surface area contributed by atoms with Crippen LogP contribution in [0.25, 0.3) is 6.08 Å². The number of thiophene rings is 1. The lowest BCUT2D eigenvalue weighted by Crippen LogP contribution is -1.88. The van der Waals surface area contributed by atoms with Gasteiger partial charge >= 0.3 is 0 Å². The van der Waals surface area contributed by atoms with E-state index < -0.39 is 5.82 Å². The number of carbonyl (C=O) groups excluding carboxylic acids is 1. The Labute approximate surface area is 117 Å². The Hall–Kier alpha value is -1.16. The largest absolute Gasteiger partial charge is 0.288 e. The van der Waals surface area contributed by atoms with Crippen molar-refractivity contribution in [2.24, 2.45) is 0 Å². The standard InChI is InChI=1S/C13H7Cl2FOS/c14-9-7-8(1-3-10(9)16)2-4-11(17)12-5-6-13(15)18-12/h1-7H/b4-2+. The van der Waals surface area contributed by atoms with E-state index in [1.54, 1.807) is 24.3 Å². The number of ketones is 1. The summed E-state index contributed by atoms with van der Waals surface area (Å²) in [5, 5.41) is 0.0313. The molecule has 0 radical (unpaired) electrons. The molecule has 18 heavy (non-hydrogen) atoms. The van der Waals surface area contributed by atoms with Crippen LogP contribution in [0, 0.1) is 5.82 Å². The average molecular weight is 301 g/mol. The molecule has 92 valence electrons. The lowest BCUT2D eigenvalue weighted by atomic mass is 10.2. The fourth-order valence-electron chi connectivity index (χ4n) is 1.32. The zero-order valence-electron chi connectivity index (χ0n) is 8.99. The van der Waals surface area contributed by atoms with Gasteiger partial charge in [-0.05, 0) is 35.9 Å². The van der Waals surface area contributed by atoms with E-state index in [4.69, 9.17) is 23.2 Å². The lowest BCUT2D eigenvalue weighted by molar-refractivity contribution is 0.105. The monoisotopic (exact) mass is 300 g/mol. The van der Waals surface area contributed by atoms with Crippen molar-refractivity contribution in [2.45, 2.75) is 0 Å². The van der Waals surface area contributed by atoms with E-state index in [0.717, 1.165) is 0 Å². The van der Waals surface area contributed by atoms with Crippen LogP contribution in [0.1, 0.15) is 15.2 Å². The van der Waals surface area contributed by atoms with Crippen molar-refractivity contribution in [3.8, 4) is 0 Å². The van der Waals surface area contributed by atoms with Crippen LogP contribution < -0.4 is 0 Å². The van der Waals surface area contributed by atoms with Gasteiger partial charge < -0.3 is 0 Å². The molecule has 0 unspecified atom stereocenters. The molecular weight excluding hydrogens is 294 g/mol. The minimum atomic E-state index is -0.481. The molecule has 0 atom stereocenters. The van der Waals surface area contributed by atoms with Gasteiger partial charge in [0.05, 0.1) is 14.2 Å². The second kappa shape index (κ2) is 5.65. The third-order valence-electron chi connectivity index (χ3n) is 2.19. The number of halogens is 3. The molecule has 0 amide bonds. The summed E-state index contributed by atoms with van der Waals surface area (Å²) in [7, 11) is 0. The van der Waals surface area contributed by atoms with E-state index >= 15 is 0 Å². The first-order valence-corrected chi connectivity index (χ1v) is 6.56. The minimum absolute atomic E-state index is 0.0313. The molecule has 0 fully saturated rings. The number of hydrogen-bond donors (Lipinski definition) is 0. The van der Waals surface area contributed by atoms with Crippen LogP contribution in [0.15, 0.2) is 36.4 Å². The highest BCUT2D eigenvalue weighted by molar-refractivity contribution is 7.18. The Morgan fingerprint density at radius 3 is 2.61 bits per heavy atom. The molecule has 0 N–H and O–H groups in total. The molecule has 0 aliphatic heterocycles. The van der Waals surface area contributed by atoms with Crippen LogP contribution in [0.2, 0.25) is 9.36 Å². The zero-order valence-corrected chi connectivity index (χ0v) is 11.3. The van der Waals surface area contributed by atoms with E-state index in [-0.39, 0.29) is 10.8 Å². The summed E-state index contributed by atoms with van der Waals surface area (Å²) in [5.74, 6) is -0.627. The topological polar surface area (TPSA) is 17.1 Å². The minimum Gasteiger partial charge on any atom is -0.288 e. The summed E-state index contributed by atoms with van der Waals surface area (Å²) in [4.78, 5) is 12.3. The Morgan fingerprint density at radius 1 is 1.22 bits per heavy atom. The van der Waals surface area contributed by atoms with Gasteiger partial charge in [0.1, 0.15) is 5.82 Å². The molecule has 2 rings (SSSR count). The molecule has 0 aliphatic carbocycles. The van der Waals surface area contributed by atoms with Crippen molar-refractivity contribution < 1.29 is 9.18 Å². The summed E-state index contributed by atoms with van der Waals surface area (Å²) in [6.45, 7) is 0. The first-order valence-electron chi connectivity index (χ1n) is 4.99. The Balaban J connectivity index is 2.15. The van der Waals surface area contributed by atoms with Crippen molar-refractivity contribution in [1.82, 2.24) is 0 Å². The third kappa shape index (κ3) is 3.19. The van der Waals surface area contributed by atoms with Crippen molar-refractivity contribution in [3.05, 3.63) is 62.0 Å². The van der Waals surface area contributed by atoms with E-state index in [9.17, 15) is 9.18 Å². The molecule has 5 heteroatoms. The fraction of sp³-hybridized carbons (Fsp3) is 0. The molecule has 0 spiro atoms. The van der Waals surface area contributed by atoms with Crippen LogP contribution in [0.4, 0.5) is 4.39 Å². The SMILES string of the molecule is O=C(/C=C/c1ccc(F)c(Cl)c1)c1ccc(Cl)s1. The summed E-state index contributed by atoms with van der Waals surface area (Å²) in [6, 6.07) is 7.60. The van der Waals surface area contributed by atoms with Crippen LogP contribution >= 0.6 is 34.5 Å². The van der Waals surface area contributed by atoms with E-state index in [1.165, 1.54) is 29.5 Å². The fourth-order valence-corrected chi connectivity index (χ4v) is 2.47. The third-order valence-corrected chi connectivity index (χ3v) is 3.72. The van der Waals surface area contributed by atoms with Crippen LogP contribution in [-0.4, -0.2) is 5.78 Å². The van der Waals surface area contributed by atoms with E-state index in [1.807, 2.05) is 0 Å². The van der Waals surface area contributed by atoms with Gasteiger partial charge in [-0.2, -0.15) is 0 Å². The van der Waals surface area contributed by atoms with Crippen LogP contribution in [0.5, 0.6) is 0 Å². The smallest absolute Gasteiger partial charge is 0.195 e. The van der Waals surface area contributed by atoms with Crippen molar-refractivity contribution >= 4 is 46.4 Å². The number of benzene rings is 1. The van der Waals surface area contributed by atoms with Crippen molar-refractivity contribution in [1.29, 1.82) is 0 Å². The molecule has 0 saturated heterocycles. The highest BCUT2D eigenvalue weighted by Crippen LogP contribution is 2.22. The first kappa shape index (κ1) is 13.3. The number of hydrogen-bond acceptors (Lipinski definition) is 2. The van der Waals surface area contributed by atoms with E-state index in [0.29, 0.717) is 14.8 Å². The number of rotatable bonds is 3. The van der Waals surface area contributed by atoms with Gasteiger partial charge in [-0.1, -0.05) is 35.3 Å². The first-order chi connectivity index (χ1) is 8.56. The highest BCUT2D eigenvalue weighted by Gasteiger charge is 2.05. The Morgan fingerprint density at radius 2 is 2.00 bits per heavy atom. The van der Waals surface area contributed by atoms with Crippen LogP contribution in [-0.2, 0) is 0 Å². The zero-order chi connectivity index (χ0) is 13.1. The Kier molecular flexibility index (Phi) is 4.17. The van der Waals surface area contributed by atoms with Gasteiger partial charge in [0.2, 0.25) is 0 Å². The Bertz CT molecular complexity index is 619. The molecule has 0 aliphatic rings. The molecule has 1 aromatic heterocycles. The highest BCUT2D eigenvalue weighted by atomic mass is 35.5. The average Bonchev–Trinajstić information content (AvgIpc) is 2.77. The maximum atomic E-state index is 12.9. The quantitative estimate of drug-likeness (QED) is 0.570. The predicted molar refractivity (Wildman–Crippen MR) is 74.1 cm³/mol. The molecule has 1 aromatic carbocycles. The van der Waals surface area contributed by atoms with Crippen molar-refractivity contribution in [3.63, 3.8) is 0 Å². The second-order valence-corrected chi connectivity index (χ2v) is 5.60. The molecule has 0 saturated carbocycles. The molecule has 1 heterocycles. The maximum absolute atomic E-state index is 12.9. The molecular formula is C13H7Cl2FOS. The summed E-state index contributed by atoms with van der Waals surface area (Å²) in [5.41, 5.74) is 0.664. The number of allylic oxidation sites excluding steroid dienone is 1. The van der Waals surface area contributed by atoms with Gasteiger partial charge in [0, 0.05) is 0 Å². The lowest BCUT2D eigenvalue weighted by Gasteiger charge is -1.96. The summed E-state index contributed by atoms with van der Waals surface area (Å²) < 4.78 is 13.5. The van der Waals surface area contributed by atoms with Gasteiger partial charge in [0.15, 0.2) is 5.78 Å². The summed E-state index contributed by atoms with van der Waals surface area (Å²) in [6.07, 6.45) is 2.99. The predicted octanol–water partition coefficient (Wildman–Crippen LogP) is 5.09. The summed E-state index contributed by atoms with van der Waals surface area (Å²) >= 11 is 12.6. The molecule has 1 nitrogen and oxygen atoms in total. The normalized spacial score (nSPS) is 11.1. The molecule has 0 bridgehead atoms. The van der Waals surface area contributed by atoms with Gasteiger partial charge in [0.25, 0.3) is 0 Å². The van der Waals surface area contributed by atoms with Gasteiger partial charge in [-0.15, -0.1) is 11.3 Å². The van der Waals surface area contributed by atoms with Crippen molar-refractivity contribution in [2.75, 3.05) is 0 Å². The molecule has 2 aromatic rings. The van der Waals surface area contributed by atoms with Gasteiger partial charge in [-0.3, -0.25) is 4.79 Å². The van der Waals surface area contributed by atoms with Crippen LogP contribution in [0.3, 0.4) is 0 Å². The van der Waals surface area contributed by atoms with E-state index in [2.05, 4.69) is 0 Å².